The first-order chi connectivity index (χ1) is 12.0. The van der Waals surface area contributed by atoms with Crippen molar-refractivity contribution in [2.24, 2.45) is 5.10 Å². The minimum Gasteiger partial charge on any atom is -0.460 e. The smallest absolute Gasteiger partial charge is 0.271 e. The summed E-state index contributed by atoms with van der Waals surface area (Å²) < 4.78 is 31.6. The summed E-state index contributed by atoms with van der Waals surface area (Å²) in [5.74, 6) is 0.858. The predicted octanol–water partition coefficient (Wildman–Crippen LogP) is 2.14. The fraction of sp³-hybridized carbons (Fsp3) is 0.294. The molecular weight excluding hydrogens is 342 g/mol. The molecule has 0 radical (unpaired) electrons. The third-order valence-electron chi connectivity index (χ3n) is 3.94. The summed E-state index contributed by atoms with van der Waals surface area (Å²) in [7, 11) is -3.47. The van der Waals surface area contributed by atoms with E-state index in [1.807, 2.05) is 6.92 Å². The van der Waals surface area contributed by atoms with Gasteiger partial charge in [-0.2, -0.15) is 9.41 Å². The van der Waals surface area contributed by atoms with Crippen molar-refractivity contribution in [2.75, 3.05) is 13.1 Å². The molecule has 2 aromatic rings. The zero-order chi connectivity index (χ0) is 17.9. The molecule has 1 N–H and O–H groups in total. The SMILES string of the molecule is Cc1ccc(/C=N\NC(=O)c2ccc(S(=O)(=O)N3CCCC3)cc2)o1. The predicted molar refractivity (Wildman–Crippen MR) is 92.9 cm³/mol. The van der Waals surface area contributed by atoms with Crippen LogP contribution >= 0.6 is 0 Å². The maximum atomic E-state index is 12.4. The van der Waals surface area contributed by atoms with Crippen LogP contribution in [0.5, 0.6) is 0 Å². The number of hydrazone groups is 1. The lowest BCUT2D eigenvalue weighted by atomic mass is 10.2. The van der Waals surface area contributed by atoms with Gasteiger partial charge in [-0.3, -0.25) is 4.79 Å². The van der Waals surface area contributed by atoms with E-state index in [0.717, 1.165) is 18.6 Å². The van der Waals surface area contributed by atoms with Crippen LogP contribution in [0.4, 0.5) is 0 Å². The molecule has 1 fully saturated rings. The van der Waals surface area contributed by atoms with Crippen LogP contribution in [0.25, 0.3) is 0 Å². The van der Waals surface area contributed by atoms with Crippen molar-refractivity contribution in [1.29, 1.82) is 0 Å². The number of hydrogen-bond donors (Lipinski definition) is 1. The molecule has 8 heteroatoms. The second-order valence-corrected chi connectivity index (χ2v) is 7.72. The van der Waals surface area contributed by atoms with Crippen LogP contribution in [-0.4, -0.2) is 37.9 Å². The van der Waals surface area contributed by atoms with Gasteiger partial charge in [-0.25, -0.2) is 13.8 Å². The molecule has 1 aliphatic heterocycles. The molecule has 0 atom stereocenters. The van der Waals surface area contributed by atoms with Crippen LogP contribution < -0.4 is 5.43 Å². The molecule has 25 heavy (non-hydrogen) atoms. The molecule has 0 saturated carbocycles. The highest BCUT2D eigenvalue weighted by molar-refractivity contribution is 7.89. The topological polar surface area (TPSA) is 92.0 Å². The van der Waals surface area contributed by atoms with Crippen LogP contribution in [0.2, 0.25) is 0 Å². The highest BCUT2D eigenvalue weighted by Crippen LogP contribution is 2.21. The van der Waals surface area contributed by atoms with Gasteiger partial charge in [-0.15, -0.1) is 0 Å². The Kier molecular flexibility index (Phi) is 5.00. The van der Waals surface area contributed by atoms with E-state index in [2.05, 4.69) is 10.5 Å². The van der Waals surface area contributed by atoms with Crippen LogP contribution in [0.3, 0.4) is 0 Å². The van der Waals surface area contributed by atoms with Crippen molar-refractivity contribution < 1.29 is 17.6 Å². The van der Waals surface area contributed by atoms with Gasteiger partial charge >= 0.3 is 0 Å². The summed E-state index contributed by atoms with van der Waals surface area (Å²) in [4.78, 5) is 12.2. The van der Waals surface area contributed by atoms with Crippen LogP contribution in [0.1, 0.15) is 34.7 Å². The second kappa shape index (κ2) is 7.20. The second-order valence-electron chi connectivity index (χ2n) is 5.78. The average Bonchev–Trinajstić information content (AvgIpc) is 3.27. The van der Waals surface area contributed by atoms with Crippen molar-refractivity contribution in [2.45, 2.75) is 24.7 Å². The number of nitrogens with zero attached hydrogens (tertiary/aromatic N) is 2. The Morgan fingerprint density at radius 2 is 1.84 bits per heavy atom. The van der Waals surface area contributed by atoms with Crippen LogP contribution in [-0.2, 0) is 10.0 Å². The highest BCUT2D eigenvalue weighted by atomic mass is 32.2. The van der Waals surface area contributed by atoms with E-state index >= 15 is 0 Å². The van der Waals surface area contributed by atoms with Gasteiger partial charge in [-0.1, -0.05) is 0 Å². The van der Waals surface area contributed by atoms with Gasteiger partial charge in [0.2, 0.25) is 10.0 Å². The molecule has 1 aromatic heterocycles. The zero-order valence-electron chi connectivity index (χ0n) is 13.8. The van der Waals surface area contributed by atoms with E-state index in [9.17, 15) is 13.2 Å². The maximum absolute atomic E-state index is 12.4. The Morgan fingerprint density at radius 1 is 1.16 bits per heavy atom. The first kappa shape index (κ1) is 17.4. The first-order valence-electron chi connectivity index (χ1n) is 7.97. The van der Waals surface area contributed by atoms with Crippen molar-refractivity contribution in [1.82, 2.24) is 9.73 Å². The Morgan fingerprint density at radius 3 is 2.44 bits per heavy atom. The van der Waals surface area contributed by atoms with Crippen molar-refractivity contribution >= 4 is 22.1 Å². The number of sulfonamides is 1. The minimum atomic E-state index is -3.47. The molecule has 0 spiro atoms. The Bertz CT molecular complexity index is 879. The number of carbonyl (C=O) groups excluding carboxylic acids is 1. The van der Waals surface area contributed by atoms with E-state index in [-0.39, 0.29) is 4.90 Å². The van der Waals surface area contributed by atoms with Gasteiger partial charge in [0.05, 0.1) is 11.1 Å². The summed E-state index contributed by atoms with van der Waals surface area (Å²) in [5, 5.41) is 3.82. The number of furan rings is 1. The number of amides is 1. The first-order valence-corrected chi connectivity index (χ1v) is 9.41. The maximum Gasteiger partial charge on any atom is 0.271 e. The van der Waals surface area contributed by atoms with Crippen molar-refractivity contribution in [3.63, 3.8) is 0 Å². The Labute approximate surface area is 146 Å². The number of nitrogens with one attached hydrogen (secondary N) is 1. The minimum absolute atomic E-state index is 0.195. The normalized spacial score (nSPS) is 15.7. The number of hydrogen-bond acceptors (Lipinski definition) is 5. The lowest BCUT2D eigenvalue weighted by Gasteiger charge is -2.15. The van der Waals surface area contributed by atoms with Crippen LogP contribution in [0.15, 0.2) is 50.8 Å². The summed E-state index contributed by atoms with van der Waals surface area (Å²) in [6.07, 6.45) is 3.16. The molecule has 1 amide bonds. The van der Waals surface area contributed by atoms with Gasteiger partial charge in [0.1, 0.15) is 11.5 Å². The molecule has 0 bridgehead atoms. The Balaban J connectivity index is 1.65. The zero-order valence-corrected chi connectivity index (χ0v) is 14.6. The number of aryl methyl sites for hydroxylation is 1. The number of rotatable bonds is 5. The number of benzene rings is 1. The average molecular weight is 361 g/mol. The fourth-order valence-electron chi connectivity index (χ4n) is 2.60. The van der Waals surface area contributed by atoms with Crippen molar-refractivity contribution in [3.05, 3.63) is 53.5 Å². The summed E-state index contributed by atoms with van der Waals surface area (Å²) in [6.45, 7) is 2.91. The van der Waals surface area contributed by atoms with Gasteiger partial charge < -0.3 is 4.42 Å². The third kappa shape index (κ3) is 3.97. The molecule has 132 valence electrons. The molecule has 1 saturated heterocycles. The molecule has 2 heterocycles. The van der Waals surface area contributed by atoms with Gasteiger partial charge in [-0.05, 0) is 56.2 Å². The fourth-order valence-corrected chi connectivity index (χ4v) is 4.11. The van der Waals surface area contributed by atoms with E-state index in [1.54, 1.807) is 12.1 Å². The quantitative estimate of drug-likeness (QED) is 0.652. The third-order valence-corrected chi connectivity index (χ3v) is 5.85. The lowest BCUT2D eigenvalue weighted by Crippen LogP contribution is -2.28. The monoisotopic (exact) mass is 361 g/mol. The van der Waals surface area contributed by atoms with Gasteiger partial charge in [0, 0.05) is 18.7 Å². The van der Waals surface area contributed by atoms with Gasteiger partial charge in [0.25, 0.3) is 5.91 Å². The molecule has 3 rings (SSSR count). The van der Waals surface area contributed by atoms with Crippen LogP contribution in [0, 0.1) is 6.92 Å². The van der Waals surface area contributed by atoms with E-state index in [0.29, 0.717) is 24.4 Å². The molecule has 0 unspecified atom stereocenters. The molecular formula is C17H19N3O4S. The Hall–Kier alpha value is -2.45. The number of carbonyl (C=O) groups is 1. The van der Waals surface area contributed by atoms with E-state index in [1.165, 1.54) is 34.8 Å². The van der Waals surface area contributed by atoms with E-state index < -0.39 is 15.9 Å². The lowest BCUT2D eigenvalue weighted by molar-refractivity contribution is 0.0955. The molecule has 1 aromatic carbocycles. The van der Waals surface area contributed by atoms with Crippen molar-refractivity contribution in [3.8, 4) is 0 Å². The van der Waals surface area contributed by atoms with E-state index in [4.69, 9.17) is 4.42 Å². The summed E-state index contributed by atoms with van der Waals surface area (Å²) in [5.41, 5.74) is 2.71. The molecule has 0 aliphatic carbocycles. The van der Waals surface area contributed by atoms with Gasteiger partial charge in [0.15, 0.2) is 0 Å². The summed E-state index contributed by atoms with van der Waals surface area (Å²) in [6, 6.07) is 9.38. The summed E-state index contributed by atoms with van der Waals surface area (Å²) >= 11 is 0. The standard InChI is InChI=1S/C17H19N3O4S/c1-13-4-7-15(24-13)12-18-19-17(21)14-5-8-16(9-6-14)25(22,23)20-10-2-3-11-20/h4-9,12H,2-3,10-11H2,1H3,(H,19,21)/b18-12-. The molecule has 7 nitrogen and oxygen atoms in total. The largest absolute Gasteiger partial charge is 0.460 e. The highest BCUT2D eigenvalue weighted by Gasteiger charge is 2.27. The molecule has 1 aliphatic rings.